The quantitative estimate of drug-likeness (QED) is 0.531. The van der Waals surface area contributed by atoms with Crippen molar-refractivity contribution < 1.29 is 23.3 Å². The summed E-state index contributed by atoms with van der Waals surface area (Å²) in [6, 6.07) is 6.28. The van der Waals surface area contributed by atoms with Crippen LogP contribution in [0.5, 0.6) is 5.75 Å². The van der Waals surface area contributed by atoms with E-state index in [0.29, 0.717) is 0 Å². The molecule has 1 nitrogen and oxygen atoms in total. The summed E-state index contributed by atoms with van der Waals surface area (Å²) in [6.45, 7) is 13.4. The van der Waals surface area contributed by atoms with Gasteiger partial charge in [-0.1, -0.05) is 27.7 Å². The van der Waals surface area contributed by atoms with Crippen LogP contribution in [0, 0.1) is 6.92 Å². The molecule has 0 aliphatic heterocycles. The van der Waals surface area contributed by atoms with Gasteiger partial charge < -0.3 is 4.43 Å². The molecule has 0 aromatic heterocycles. The van der Waals surface area contributed by atoms with Gasteiger partial charge in [-0.05, 0) is 23.9 Å². The zero-order chi connectivity index (χ0) is 11.0. The molecular weight excluding hydrogens is 195 g/mol. The Hall–Kier alpha value is -0.0357. The minimum atomic E-state index is -1.63. The van der Waals surface area contributed by atoms with Crippen molar-refractivity contribution in [3.8, 4) is 5.75 Å². The van der Waals surface area contributed by atoms with Gasteiger partial charge in [-0.2, -0.15) is 5.56 Å². The van der Waals surface area contributed by atoms with Gasteiger partial charge in [0.2, 0.25) is 8.32 Å². The summed E-state index contributed by atoms with van der Waals surface area (Å²) >= 11 is 0. The van der Waals surface area contributed by atoms with Gasteiger partial charge in [0.15, 0.2) is 0 Å². The fourth-order valence-corrected chi connectivity index (χ4v) is 2.07. The molecule has 0 spiro atoms. The van der Waals surface area contributed by atoms with E-state index in [4.69, 9.17) is 4.43 Å². The van der Waals surface area contributed by atoms with Gasteiger partial charge in [0, 0.05) is 0 Å². The number of rotatable bonds is 2. The molecule has 3 heteroatoms. The Morgan fingerprint density at radius 1 is 1.27 bits per heavy atom. The van der Waals surface area contributed by atoms with Crippen molar-refractivity contribution in [1.82, 2.24) is 0 Å². The van der Waals surface area contributed by atoms with E-state index in [2.05, 4.69) is 59.0 Å². The molecule has 0 fully saturated rings. The van der Waals surface area contributed by atoms with Crippen molar-refractivity contribution >= 4 is 8.32 Å². The van der Waals surface area contributed by atoms with Gasteiger partial charge in [-0.3, -0.25) is 0 Å². The minimum Gasteiger partial charge on any atom is -0.602 e. The van der Waals surface area contributed by atoms with Crippen molar-refractivity contribution in [1.29, 1.82) is 0 Å². The fourth-order valence-electron chi connectivity index (χ4n) is 1.05. The smallest absolute Gasteiger partial charge is 0.602 e. The van der Waals surface area contributed by atoms with Crippen LogP contribution >= 0.6 is 0 Å². The van der Waals surface area contributed by atoms with E-state index in [-0.39, 0.29) is 23.9 Å². The Balaban J connectivity index is 0.00000196. The van der Waals surface area contributed by atoms with E-state index in [1.54, 1.807) is 0 Å². The van der Waals surface area contributed by atoms with Crippen LogP contribution in [0.2, 0.25) is 18.1 Å². The van der Waals surface area contributed by atoms with E-state index in [9.17, 15) is 0 Å². The molecule has 0 atom stereocenters. The molecule has 1 aromatic carbocycles. The monoisotopic (exact) mass is 216 g/mol. The summed E-state index contributed by atoms with van der Waals surface area (Å²) in [7, 11) is -1.63. The van der Waals surface area contributed by atoms with Gasteiger partial charge in [0.05, 0.1) is 0 Å². The van der Waals surface area contributed by atoms with Crippen molar-refractivity contribution in [2.75, 3.05) is 0 Å². The maximum atomic E-state index is 6.13. The van der Waals surface area contributed by atoms with Crippen molar-refractivity contribution in [2.24, 2.45) is 0 Å². The van der Waals surface area contributed by atoms with Gasteiger partial charge >= 0.3 is 18.9 Å². The van der Waals surface area contributed by atoms with Crippen LogP contribution in [-0.4, -0.2) is 8.32 Å². The predicted octanol–water partition coefficient (Wildman–Crippen LogP) is 1.10. The van der Waals surface area contributed by atoms with Crippen LogP contribution < -0.4 is 23.3 Å². The Morgan fingerprint density at radius 2 is 1.80 bits per heavy atom. The Labute approximate surface area is 107 Å². The van der Waals surface area contributed by atoms with Crippen LogP contribution in [0.15, 0.2) is 18.2 Å². The van der Waals surface area contributed by atoms with E-state index in [0.717, 1.165) is 5.75 Å². The third-order valence-corrected chi connectivity index (χ3v) is 7.42. The number of hydrogen-bond acceptors (Lipinski definition) is 1. The summed E-state index contributed by atoms with van der Waals surface area (Å²) in [5.41, 5.74) is 1.28. The van der Waals surface area contributed by atoms with Crippen LogP contribution in [0.3, 0.4) is 0 Å². The Morgan fingerprint density at radius 3 is 2.13 bits per heavy atom. The molecular formula is C12H21LiOSi. The van der Waals surface area contributed by atoms with Crippen molar-refractivity contribution in [2.45, 2.75) is 45.8 Å². The molecule has 0 unspecified atom stereocenters. The fraction of sp³-hybridized carbons (Fsp3) is 0.583. The summed E-state index contributed by atoms with van der Waals surface area (Å²) < 4.78 is 6.13. The molecule has 80 valence electrons. The zero-order valence-corrected chi connectivity index (χ0v) is 12.1. The van der Waals surface area contributed by atoms with E-state index < -0.39 is 8.32 Å². The summed E-state index contributed by atoms with van der Waals surface area (Å²) in [6.07, 6.45) is 0. The standard InChI is InChI=1S/C12H21OSi.Li/c1-10-7-8-11(9-10)13-14(5,6)12(2,3)4;/h7-9H,1-6H3;/q-1;+1. The maximum Gasteiger partial charge on any atom is 1.00 e. The average molecular weight is 216 g/mol. The normalized spacial score (nSPS) is 12.1. The van der Waals surface area contributed by atoms with Crippen molar-refractivity contribution in [3.63, 3.8) is 0 Å². The zero-order valence-electron chi connectivity index (χ0n) is 11.1. The number of aryl methyl sites for hydroxylation is 1. The molecule has 0 saturated carbocycles. The second-order valence-corrected chi connectivity index (χ2v) is 10.2. The van der Waals surface area contributed by atoms with Crippen LogP contribution in [-0.2, 0) is 0 Å². The third kappa shape index (κ3) is 3.79. The largest absolute Gasteiger partial charge is 1.00 e. The summed E-state index contributed by atoms with van der Waals surface area (Å²) in [5, 5.41) is 0.276. The number of hydrogen-bond donors (Lipinski definition) is 0. The van der Waals surface area contributed by atoms with Crippen LogP contribution in [0.4, 0.5) is 0 Å². The SMILES string of the molecule is Cc1cc[c-](O[Si](C)(C)C(C)(C)C)c1.[Li+]. The maximum absolute atomic E-state index is 6.13. The molecule has 0 N–H and O–H groups in total. The van der Waals surface area contributed by atoms with Gasteiger partial charge in [-0.25, -0.2) is 6.07 Å². The third-order valence-electron chi connectivity index (χ3n) is 3.06. The molecule has 0 aliphatic carbocycles. The topological polar surface area (TPSA) is 9.23 Å². The predicted molar refractivity (Wildman–Crippen MR) is 64.6 cm³/mol. The first-order valence-electron chi connectivity index (χ1n) is 5.15. The molecule has 0 aliphatic rings. The van der Waals surface area contributed by atoms with E-state index in [1.165, 1.54) is 5.56 Å². The second kappa shape index (κ2) is 4.86. The molecule has 0 saturated heterocycles. The van der Waals surface area contributed by atoms with Crippen LogP contribution in [0.1, 0.15) is 26.3 Å². The first kappa shape index (κ1) is 15.0. The van der Waals surface area contributed by atoms with Gasteiger partial charge in [0.25, 0.3) is 0 Å². The minimum absolute atomic E-state index is 0. The molecule has 1 aromatic rings. The molecule has 1 rings (SSSR count). The van der Waals surface area contributed by atoms with E-state index in [1.807, 2.05) is 0 Å². The average Bonchev–Trinajstić information content (AvgIpc) is 2.31. The summed E-state index contributed by atoms with van der Waals surface area (Å²) in [5.74, 6) is 1.04. The van der Waals surface area contributed by atoms with Crippen LogP contribution in [0.25, 0.3) is 0 Å². The van der Waals surface area contributed by atoms with E-state index >= 15 is 0 Å². The molecule has 0 bridgehead atoms. The molecule has 15 heavy (non-hydrogen) atoms. The molecule has 0 amide bonds. The summed E-state index contributed by atoms with van der Waals surface area (Å²) in [4.78, 5) is 0. The molecule has 0 heterocycles. The van der Waals surface area contributed by atoms with Gasteiger partial charge in [-0.15, -0.1) is 12.1 Å². The Kier molecular flexibility index (Phi) is 4.85. The molecule has 0 radical (unpaired) electrons. The first-order valence-corrected chi connectivity index (χ1v) is 8.05. The second-order valence-electron chi connectivity index (χ2n) is 5.49. The van der Waals surface area contributed by atoms with Crippen molar-refractivity contribution in [3.05, 3.63) is 23.8 Å². The first-order chi connectivity index (χ1) is 6.22. The Bertz CT molecular complexity index is 310. The van der Waals surface area contributed by atoms with Gasteiger partial charge in [0.1, 0.15) is 0 Å².